The van der Waals surface area contributed by atoms with E-state index in [9.17, 15) is 9.59 Å². The summed E-state index contributed by atoms with van der Waals surface area (Å²) in [6.45, 7) is 5.42. The number of hydrogen-bond donors (Lipinski definition) is 1. The summed E-state index contributed by atoms with van der Waals surface area (Å²) in [5, 5.41) is 3.81. The van der Waals surface area contributed by atoms with Crippen LogP contribution in [-0.2, 0) is 28.8 Å². The largest absolute Gasteiger partial charge is 0.444 e. The minimum absolute atomic E-state index is 0.107. The van der Waals surface area contributed by atoms with E-state index in [4.69, 9.17) is 4.74 Å². The molecule has 0 aliphatic carbocycles. The number of aromatic nitrogens is 1. The van der Waals surface area contributed by atoms with Gasteiger partial charge in [-0.3, -0.25) is 4.79 Å². The van der Waals surface area contributed by atoms with E-state index in [1.54, 1.807) is 20.8 Å². The van der Waals surface area contributed by atoms with Crippen molar-refractivity contribution in [2.45, 2.75) is 44.6 Å². The SMILES string of the molecule is C[n+]1c(-c2ccccc2)c(CSC(=O)[C@@H](Cc2ccccc2)NC(=O)OC(C)(C)C)cc2ccccc21. The van der Waals surface area contributed by atoms with Gasteiger partial charge in [0.1, 0.15) is 18.7 Å². The minimum atomic E-state index is -0.711. The number of carbonyl (C=O) groups is 2. The van der Waals surface area contributed by atoms with Crippen molar-refractivity contribution < 1.29 is 18.9 Å². The molecule has 0 bridgehead atoms. The third-order valence-electron chi connectivity index (χ3n) is 5.94. The highest BCUT2D eigenvalue weighted by atomic mass is 32.2. The Balaban J connectivity index is 1.61. The lowest BCUT2D eigenvalue weighted by molar-refractivity contribution is -0.633. The maximum atomic E-state index is 13.5. The van der Waals surface area contributed by atoms with Gasteiger partial charge in [-0.25, -0.2) is 4.79 Å². The van der Waals surface area contributed by atoms with Crippen molar-refractivity contribution in [1.29, 1.82) is 0 Å². The van der Waals surface area contributed by atoms with Gasteiger partial charge in [0.25, 0.3) is 0 Å². The van der Waals surface area contributed by atoms with Gasteiger partial charge in [0.15, 0.2) is 0 Å². The van der Waals surface area contributed by atoms with Crippen molar-refractivity contribution in [2.75, 3.05) is 0 Å². The molecule has 0 spiro atoms. The van der Waals surface area contributed by atoms with E-state index in [-0.39, 0.29) is 5.12 Å². The predicted octanol–water partition coefficient (Wildman–Crippen LogP) is 6.23. The zero-order valence-electron chi connectivity index (χ0n) is 21.7. The van der Waals surface area contributed by atoms with Gasteiger partial charge in [0.2, 0.25) is 16.3 Å². The Morgan fingerprint density at radius 3 is 2.22 bits per heavy atom. The minimum Gasteiger partial charge on any atom is -0.444 e. The number of fused-ring (bicyclic) bond motifs is 1. The number of alkyl carbamates (subject to hydrolysis) is 1. The standard InChI is InChI=1S/C31H32N2O3S/c1-31(2,3)36-30(35)32-26(19-22-13-7-5-8-14-22)29(34)37-21-25-20-24-17-11-12-18-27(24)33(4)28(25)23-15-9-6-10-16-23/h5-18,20,26H,19,21H2,1-4H3/p+1/t26-/m1/s1. The lowest BCUT2D eigenvalue weighted by atomic mass is 10.0. The summed E-state index contributed by atoms with van der Waals surface area (Å²) in [6.07, 6.45) is -0.201. The zero-order chi connectivity index (χ0) is 26.4. The second-order valence-corrected chi connectivity index (χ2v) is 11.0. The van der Waals surface area contributed by atoms with Gasteiger partial charge in [-0.05, 0) is 50.6 Å². The molecule has 0 aliphatic heterocycles. The number of nitrogens with one attached hydrogen (secondary N) is 1. The van der Waals surface area contributed by atoms with Gasteiger partial charge >= 0.3 is 6.09 Å². The third-order valence-corrected chi connectivity index (χ3v) is 6.97. The van der Waals surface area contributed by atoms with Crippen LogP contribution in [0.25, 0.3) is 22.2 Å². The Hall–Kier alpha value is -3.64. The zero-order valence-corrected chi connectivity index (χ0v) is 22.5. The van der Waals surface area contributed by atoms with Gasteiger partial charge in [-0.15, -0.1) is 0 Å². The smallest absolute Gasteiger partial charge is 0.408 e. The molecule has 6 heteroatoms. The maximum Gasteiger partial charge on any atom is 0.408 e. The molecular formula is C31H33N2O3S+. The first-order chi connectivity index (χ1) is 17.7. The van der Waals surface area contributed by atoms with Crippen molar-refractivity contribution >= 4 is 33.9 Å². The van der Waals surface area contributed by atoms with Crippen LogP contribution < -0.4 is 9.88 Å². The number of benzene rings is 3. The molecule has 1 atom stereocenters. The molecule has 0 radical (unpaired) electrons. The number of ether oxygens (including phenoxy) is 1. The highest BCUT2D eigenvalue weighted by Gasteiger charge is 2.27. The van der Waals surface area contributed by atoms with Crippen LogP contribution in [0.5, 0.6) is 0 Å². The monoisotopic (exact) mass is 513 g/mol. The van der Waals surface area contributed by atoms with Gasteiger partial charge < -0.3 is 10.1 Å². The fourth-order valence-electron chi connectivity index (χ4n) is 4.33. The van der Waals surface area contributed by atoms with Crippen LogP contribution in [0, 0.1) is 0 Å². The molecule has 4 rings (SSSR count). The number of para-hydroxylation sites is 1. The number of pyridine rings is 1. The molecule has 1 amide bonds. The predicted molar refractivity (Wildman–Crippen MR) is 150 cm³/mol. The molecule has 0 saturated heterocycles. The lowest BCUT2D eigenvalue weighted by Gasteiger charge is -2.23. The second kappa shape index (κ2) is 11.6. The average Bonchev–Trinajstić information content (AvgIpc) is 2.87. The number of nitrogens with zero attached hydrogens (tertiary/aromatic N) is 1. The van der Waals surface area contributed by atoms with Crippen molar-refractivity contribution in [3.63, 3.8) is 0 Å². The number of rotatable bonds is 7. The van der Waals surface area contributed by atoms with Crippen molar-refractivity contribution in [2.24, 2.45) is 7.05 Å². The van der Waals surface area contributed by atoms with Gasteiger partial charge in [0.05, 0.1) is 0 Å². The molecule has 3 aromatic carbocycles. The van der Waals surface area contributed by atoms with Crippen LogP contribution in [0.3, 0.4) is 0 Å². The summed E-state index contributed by atoms with van der Waals surface area (Å²) < 4.78 is 7.63. The number of aryl methyl sites for hydroxylation is 1. The Morgan fingerprint density at radius 1 is 0.919 bits per heavy atom. The Labute approximate surface area is 222 Å². The highest BCUT2D eigenvalue weighted by molar-refractivity contribution is 8.13. The van der Waals surface area contributed by atoms with Crippen molar-refractivity contribution in [1.82, 2.24) is 5.32 Å². The first-order valence-corrected chi connectivity index (χ1v) is 13.4. The van der Waals surface area contributed by atoms with Gasteiger partial charge in [-0.2, -0.15) is 4.57 Å². The molecule has 1 heterocycles. The summed E-state index contributed by atoms with van der Waals surface area (Å²) in [6, 6.07) is 29.6. The molecule has 1 N–H and O–H groups in total. The Kier molecular flexibility index (Phi) is 8.29. The van der Waals surface area contributed by atoms with Gasteiger partial charge in [-0.1, -0.05) is 72.4 Å². The van der Waals surface area contributed by atoms with Crippen molar-refractivity contribution in [3.8, 4) is 11.3 Å². The fourth-order valence-corrected chi connectivity index (χ4v) is 5.20. The van der Waals surface area contributed by atoms with E-state index in [0.29, 0.717) is 12.2 Å². The van der Waals surface area contributed by atoms with E-state index in [1.165, 1.54) is 11.8 Å². The maximum absolute atomic E-state index is 13.5. The van der Waals surface area contributed by atoms with Crippen LogP contribution >= 0.6 is 11.8 Å². The topological polar surface area (TPSA) is 59.3 Å². The van der Waals surface area contributed by atoms with Crippen LogP contribution in [0.2, 0.25) is 0 Å². The number of amides is 1. The van der Waals surface area contributed by atoms with E-state index in [2.05, 4.69) is 47.3 Å². The van der Waals surface area contributed by atoms with E-state index >= 15 is 0 Å². The van der Waals surface area contributed by atoms with E-state index in [1.807, 2.05) is 60.7 Å². The van der Waals surface area contributed by atoms with Crippen LogP contribution in [0.4, 0.5) is 4.79 Å². The second-order valence-electron chi connectivity index (χ2n) is 10.00. The lowest BCUT2D eigenvalue weighted by Crippen LogP contribution is -2.44. The Bertz CT molecular complexity index is 1380. The first-order valence-electron chi connectivity index (χ1n) is 12.4. The summed E-state index contributed by atoms with van der Waals surface area (Å²) in [5.41, 5.74) is 4.66. The fraction of sp³-hybridized carbons (Fsp3) is 0.258. The summed E-state index contributed by atoms with van der Waals surface area (Å²) in [4.78, 5) is 26.1. The number of hydrogen-bond acceptors (Lipinski definition) is 4. The van der Waals surface area contributed by atoms with Crippen molar-refractivity contribution in [3.05, 3.63) is 102 Å². The number of carbonyl (C=O) groups excluding carboxylic acids is 2. The van der Waals surface area contributed by atoms with E-state index < -0.39 is 17.7 Å². The first kappa shape index (κ1) is 26.4. The molecule has 0 saturated carbocycles. The molecule has 4 aromatic rings. The summed E-state index contributed by atoms with van der Waals surface area (Å²) in [5.74, 6) is 0.475. The van der Waals surface area contributed by atoms with Gasteiger partial charge in [0, 0.05) is 34.8 Å². The third kappa shape index (κ3) is 6.98. The average molecular weight is 514 g/mol. The van der Waals surface area contributed by atoms with Crippen LogP contribution in [-0.4, -0.2) is 22.9 Å². The highest BCUT2D eigenvalue weighted by Crippen LogP contribution is 2.28. The quantitative estimate of drug-likeness (QED) is 0.298. The molecule has 0 aliphatic rings. The molecule has 1 aromatic heterocycles. The van der Waals surface area contributed by atoms with Crippen LogP contribution in [0.1, 0.15) is 31.9 Å². The van der Waals surface area contributed by atoms with E-state index in [0.717, 1.165) is 33.3 Å². The molecule has 0 unspecified atom stereocenters. The van der Waals surface area contributed by atoms with Crippen LogP contribution in [0.15, 0.2) is 91.0 Å². The number of thioether (sulfide) groups is 1. The summed E-state index contributed by atoms with van der Waals surface area (Å²) >= 11 is 1.22. The summed E-state index contributed by atoms with van der Waals surface area (Å²) in [7, 11) is 2.06. The Morgan fingerprint density at radius 2 is 1.54 bits per heavy atom. The molecule has 0 fully saturated rings. The molecule has 190 valence electrons. The molecular weight excluding hydrogens is 480 g/mol. The normalized spacial score (nSPS) is 12.2. The molecule has 37 heavy (non-hydrogen) atoms. The molecule has 5 nitrogen and oxygen atoms in total.